The molecule has 0 bridgehead atoms. The first-order valence-electron chi connectivity index (χ1n) is 6.84. The van der Waals surface area contributed by atoms with E-state index in [1.165, 1.54) is 12.8 Å². The largest absolute Gasteiger partial charge is 0.466 e. The Labute approximate surface area is 105 Å². The van der Waals surface area contributed by atoms with E-state index in [1.54, 1.807) is 0 Å². The first kappa shape index (κ1) is 14.5. The molecule has 0 saturated carbocycles. The van der Waals surface area contributed by atoms with Gasteiger partial charge in [-0.1, -0.05) is 20.8 Å². The molecule has 3 nitrogen and oxygen atoms in total. The van der Waals surface area contributed by atoms with Crippen LogP contribution < -0.4 is 5.32 Å². The van der Waals surface area contributed by atoms with Crippen molar-refractivity contribution in [2.24, 2.45) is 11.3 Å². The summed E-state index contributed by atoms with van der Waals surface area (Å²) >= 11 is 0. The van der Waals surface area contributed by atoms with Gasteiger partial charge in [0.25, 0.3) is 0 Å². The zero-order valence-corrected chi connectivity index (χ0v) is 11.6. The van der Waals surface area contributed by atoms with Crippen LogP contribution in [0.15, 0.2) is 0 Å². The Morgan fingerprint density at radius 2 is 1.94 bits per heavy atom. The minimum atomic E-state index is -0.0206. The van der Waals surface area contributed by atoms with Gasteiger partial charge in [-0.3, -0.25) is 4.79 Å². The molecule has 0 unspecified atom stereocenters. The van der Waals surface area contributed by atoms with E-state index in [4.69, 9.17) is 4.74 Å². The van der Waals surface area contributed by atoms with E-state index in [0.717, 1.165) is 25.9 Å². The average Bonchev–Trinajstić information content (AvgIpc) is 2.26. The van der Waals surface area contributed by atoms with Gasteiger partial charge in [0.1, 0.15) is 0 Å². The second-order valence-corrected chi connectivity index (χ2v) is 6.26. The highest BCUT2D eigenvalue weighted by molar-refractivity contribution is 5.69. The zero-order valence-electron chi connectivity index (χ0n) is 11.6. The first-order chi connectivity index (χ1) is 7.97. The number of rotatable bonds is 5. The Morgan fingerprint density at radius 1 is 1.29 bits per heavy atom. The van der Waals surface area contributed by atoms with Crippen molar-refractivity contribution in [2.45, 2.75) is 52.9 Å². The summed E-state index contributed by atoms with van der Waals surface area (Å²) in [4.78, 5) is 11.5. The molecule has 0 aromatic rings. The minimum absolute atomic E-state index is 0.0206. The van der Waals surface area contributed by atoms with E-state index in [0.29, 0.717) is 18.9 Å². The monoisotopic (exact) mass is 241 g/mol. The highest BCUT2D eigenvalue weighted by Gasteiger charge is 2.16. The molecular weight excluding hydrogens is 214 g/mol. The van der Waals surface area contributed by atoms with Crippen molar-refractivity contribution in [3.05, 3.63) is 0 Å². The molecule has 1 aliphatic rings. The number of piperidine rings is 1. The molecule has 100 valence electrons. The fraction of sp³-hybridized carbons (Fsp3) is 0.929. The average molecular weight is 241 g/mol. The van der Waals surface area contributed by atoms with Crippen LogP contribution in [-0.2, 0) is 9.53 Å². The maximum Gasteiger partial charge on any atom is 0.305 e. The summed E-state index contributed by atoms with van der Waals surface area (Å²) < 4.78 is 5.25. The predicted octanol–water partition coefficient (Wildman–Crippen LogP) is 2.75. The highest BCUT2D eigenvalue weighted by Crippen LogP contribution is 2.20. The first-order valence-corrected chi connectivity index (χ1v) is 6.84. The molecule has 0 aliphatic carbocycles. The van der Waals surface area contributed by atoms with Gasteiger partial charge in [0, 0.05) is 6.42 Å². The summed E-state index contributed by atoms with van der Waals surface area (Å²) in [7, 11) is 0. The number of carbonyl (C=O) groups excluding carboxylic acids is 1. The summed E-state index contributed by atoms with van der Waals surface area (Å²) in [6.07, 6.45) is 4.93. The predicted molar refractivity (Wildman–Crippen MR) is 69.9 cm³/mol. The molecule has 1 N–H and O–H groups in total. The smallest absolute Gasteiger partial charge is 0.305 e. The lowest BCUT2D eigenvalue weighted by Gasteiger charge is -2.22. The highest BCUT2D eigenvalue weighted by atomic mass is 16.5. The van der Waals surface area contributed by atoms with Crippen LogP contribution in [0, 0.1) is 11.3 Å². The molecule has 0 atom stereocenters. The molecule has 0 amide bonds. The number of nitrogens with one attached hydrogen (secondary N) is 1. The van der Waals surface area contributed by atoms with Gasteiger partial charge in [0.05, 0.1) is 6.61 Å². The zero-order chi connectivity index (χ0) is 12.7. The second-order valence-electron chi connectivity index (χ2n) is 6.26. The summed E-state index contributed by atoms with van der Waals surface area (Å²) in [6.45, 7) is 9.25. The van der Waals surface area contributed by atoms with Gasteiger partial charge in [-0.25, -0.2) is 0 Å². The topological polar surface area (TPSA) is 38.3 Å². The molecule has 1 rings (SSSR count). The lowest BCUT2D eigenvalue weighted by molar-refractivity contribution is -0.144. The van der Waals surface area contributed by atoms with E-state index in [1.807, 2.05) is 0 Å². The van der Waals surface area contributed by atoms with Crippen molar-refractivity contribution in [1.82, 2.24) is 5.32 Å². The van der Waals surface area contributed by atoms with E-state index in [-0.39, 0.29) is 11.4 Å². The van der Waals surface area contributed by atoms with Gasteiger partial charge in [-0.15, -0.1) is 0 Å². The minimum Gasteiger partial charge on any atom is -0.466 e. The van der Waals surface area contributed by atoms with Crippen molar-refractivity contribution in [1.29, 1.82) is 0 Å². The number of hydrogen-bond acceptors (Lipinski definition) is 3. The summed E-state index contributed by atoms with van der Waals surface area (Å²) in [5.74, 6) is 0.694. The summed E-state index contributed by atoms with van der Waals surface area (Å²) in [5.41, 5.74) is 0.245. The molecular formula is C14H27NO2. The third-order valence-corrected chi connectivity index (χ3v) is 3.33. The van der Waals surface area contributed by atoms with Gasteiger partial charge >= 0.3 is 5.97 Å². The van der Waals surface area contributed by atoms with Crippen molar-refractivity contribution in [3.63, 3.8) is 0 Å². The molecule has 1 saturated heterocycles. The summed E-state index contributed by atoms with van der Waals surface area (Å²) in [5, 5.41) is 3.34. The van der Waals surface area contributed by atoms with Gasteiger partial charge in [0.2, 0.25) is 0 Å². The van der Waals surface area contributed by atoms with Crippen molar-refractivity contribution in [2.75, 3.05) is 19.7 Å². The third-order valence-electron chi connectivity index (χ3n) is 3.33. The van der Waals surface area contributed by atoms with Crippen LogP contribution in [0.25, 0.3) is 0 Å². The van der Waals surface area contributed by atoms with Gasteiger partial charge in [-0.05, 0) is 50.1 Å². The van der Waals surface area contributed by atoms with Crippen LogP contribution in [0.2, 0.25) is 0 Å². The van der Waals surface area contributed by atoms with Crippen LogP contribution in [-0.4, -0.2) is 25.7 Å². The Hall–Kier alpha value is -0.570. The maximum atomic E-state index is 11.5. The molecule has 0 radical (unpaired) electrons. The Balaban J connectivity index is 2.04. The molecule has 1 heterocycles. The van der Waals surface area contributed by atoms with Crippen LogP contribution in [0.3, 0.4) is 0 Å². The van der Waals surface area contributed by atoms with Crippen molar-refractivity contribution < 1.29 is 9.53 Å². The van der Waals surface area contributed by atoms with E-state index >= 15 is 0 Å². The fourth-order valence-corrected chi connectivity index (χ4v) is 2.04. The van der Waals surface area contributed by atoms with Crippen LogP contribution in [0.4, 0.5) is 0 Å². The maximum absolute atomic E-state index is 11.5. The lowest BCUT2D eigenvalue weighted by Crippen LogP contribution is -2.28. The van der Waals surface area contributed by atoms with E-state index in [2.05, 4.69) is 26.1 Å². The van der Waals surface area contributed by atoms with Crippen molar-refractivity contribution >= 4 is 5.97 Å². The molecule has 0 aromatic heterocycles. The van der Waals surface area contributed by atoms with Crippen LogP contribution in [0.5, 0.6) is 0 Å². The SMILES string of the molecule is CC(C)(C)CCOC(=O)CCC1CCNCC1. The normalized spacial score (nSPS) is 18.1. The van der Waals surface area contributed by atoms with E-state index in [9.17, 15) is 4.79 Å². The number of carbonyl (C=O) groups is 1. The quantitative estimate of drug-likeness (QED) is 0.752. The van der Waals surface area contributed by atoms with Crippen molar-refractivity contribution in [3.8, 4) is 0 Å². The van der Waals surface area contributed by atoms with Gasteiger partial charge in [-0.2, -0.15) is 0 Å². The molecule has 17 heavy (non-hydrogen) atoms. The Kier molecular flexibility index (Phi) is 5.96. The fourth-order valence-electron chi connectivity index (χ4n) is 2.04. The second kappa shape index (κ2) is 7.00. The molecule has 1 fully saturated rings. The van der Waals surface area contributed by atoms with Gasteiger partial charge < -0.3 is 10.1 Å². The van der Waals surface area contributed by atoms with Crippen LogP contribution >= 0.6 is 0 Å². The van der Waals surface area contributed by atoms with E-state index < -0.39 is 0 Å². The van der Waals surface area contributed by atoms with Crippen LogP contribution in [0.1, 0.15) is 52.9 Å². The Bertz CT molecular complexity index is 227. The molecule has 3 heteroatoms. The number of ether oxygens (including phenoxy) is 1. The van der Waals surface area contributed by atoms with Gasteiger partial charge in [0.15, 0.2) is 0 Å². The molecule has 0 aromatic carbocycles. The molecule has 0 spiro atoms. The lowest BCUT2D eigenvalue weighted by atomic mass is 9.93. The Morgan fingerprint density at radius 3 is 2.53 bits per heavy atom. The molecule has 1 aliphatic heterocycles. The summed E-state index contributed by atoms with van der Waals surface area (Å²) in [6, 6.07) is 0. The number of esters is 1. The third kappa shape index (κ3) is 7.37. The number of hydrogen-bond donors (Lipinski definition) is 1. The standard InChI is InChI=1S/C14H27NO2/c1-14(2,3)8-11-17-13(16)5-4-12-6-9-15-10-7-12/h12,15H,4-11H2,1-3H3.